The Bertz CT molecular complexity index is 692. The third-order valence-electron chi connectivity index (χ3n) is 3.67. The van der Waals surface area contributed by atoms with E-state index in [1.165, 1.54) is 15.8 Å². The summed E-state index contributed by atoms with van der Waals surface area (Å²) in [5, 5.41) is 10.2. The molecule has 0 saturated carbocycles. The minimum Gasteiger partial charge on any atom is -0.478 e. The Morgan fingerprint density at radius 3 is 2.50 bits per heavy atom. The monoisotopic (exact) mass is 376 g/mol. The van der Waals surface area contributed by atoms with Crippen LogP contribution < -0.4 is 0 Å². The fraction of sp³-hybridized carbons (Fsp3) is 0.571. The Morgan fingerprint density at radius 1 is 1.29 bits per heavy atom. The second-order valence-corrected chi connectivity index (χ2v) is 8.27. The quantitative estimate of drug-likeness (QED) is 0.703. The molecule has 2 heterocycles. The fourth-order valence-corrected chi connectivity index (χ4v) is 5.06. The van der Waals surface area contributed by atoms with Crippen molar-refractivity contribution in [2.24, 2.45) is 0 Å². The molecule has 0 bridgehead atoms. The molecule has 1 saturated heterocycles. The van der Waals surface area contributed by atoms with E-state index in [0.717, 1.165) is 11.3 Å². The average molecular weight is 376 g/mol. The number of ether oxygens (including phenoxy) is 1. The molecule has 24 heavy (non-hydrogen) atoms. The molecule has 0 aromatic carbocycles. The van der Waals surface area contributed by atoms with Crippen molar-refractivity contribution in [1.29, 1.82) is 0 Å². The topological polar surface area (TPSA) is 104 Å². The maximum Gasteiger partial charge on any atom is 0.336 e. The predicted molar refractivity (Wildman–Crippen MR) is 87.7 cm³/mol. The molecule has 8 nitrogen and oxygen atoms in total. The highest BCUT2D eigenvalue weighted by molar-refractivity contribution is 7.91. The Kier molecular flexibility index (Phi) is 6.33. The Hall–Kier alpha value is -1.49. The molecule has 0 aliphatic carbocycles. The van der Waals surface area contributed by atoms with Crippen LogP contribution in [0.2, 0.25) is 0 Å². The van der Waals surface area contributed by atoms with Crippen LogP contribution in [0.5, 0.6) is 0 Å². The summed E-state index contributed by atoms with van der Waals surface area (Å²) in [6.07, 6.45) is 0.285. The summed E-state index contributed by atoms with van der Waals surface area (Å²) < 4.78 is 31.5. The van der Waals surface area contributed by atoms with E-state index in [2.05, 4.69) is 0 Å². The molecular formula is C14H20N2O6S2. The third-order valence-corrected chi connectivity index (χ3v) is 6.99. The van der Waals surface area contributed by atoms with Crippen LogP contribution in [0, 0.1) is 0 Å². The van der Waals surface area contributed by atoms with Gasteiger partial charge in [0.25, 0.3) is 10.0 Å². The van der Waals surface area contributed by atoms with Gasteiger partial charge in [0.15, 0.2) is 0 Å². The Morgan fingerprint density at radius 2 is 1.96 bits per heavy atom. The normalized spacial score (nSPS) is 16.3. The summed E-state index contributed by atoms with van der Waals surface area (Å²) in [7, 11) is -3.72. The lowest BCUT2D eigenvalue weighted by Gasteiger charge is -2.33. The van der Waals surface area contributed by atoms with E-state index in [4.69, 9.17) is 9.84 Å². The van der Waals surface area contributed by atoms with Gasteiger partial charge in [-0.05, 0) is 13.0 Å². The maximum absolute atomic E-state index is 12.5. The SMILES string of the molecule is CCOCCC(=O)N1CCN(S(=O)(=O)c2cc(C(=O)O)cs2)CC1. The van der Waals surface area contributed by atoms with Crippen LogP contribution >= 0.6 is 11.3 Å². The second-order valence-electron chi connectivity index (χ2n) is 5.19. The van der Waals surface area contributed by atoms with Crippen molar-refractivity contribution in [2.45, 2.75) is 17.6 Å². The maximum atomic E-state index is 12.5. The summed E-state index contributed by atoms with van der Waals surface area (Å²) in [4.78, 5) is 24.5. The molecule has 10 heteroatoms. The number of sulfonamides is 1. The first-order chi connectivity index (χ1) is 11.4. The van der Waals surface area contributed by atoms with Crippen LogP contribution in [0.25, 0.3) is 0 Å². The van der Waals surface area contributed by atoms with Gasteiger partial charge in [-0.2, -0.15) is 4.31 Å². The zero-order valence-corrected chi connectivity index (χ0v) is 14.9. The van der Waals surface area contributed by atoms with Crippen molar-refractivity contribution in [1.82, 2.24) is 9.21 Å². The number of hydrogen-bond acceptors (Lipinski definition) is 6. The molecule has 1 fully saturated rings. The number of thiophene rings is 1. The number of nitrogens with zero attached hydrogens (tertiary/aromatic N) is 2. The van der Waals surface area contributed by atoms with Crippen LogP contribution in [0.1, 0.15) is 23.7 Å². The van der Waals surface area contributed by atoms with Gasteiger partial charge in [-0.25, -0.2) is 13.2 Å². The molecule has 0 radical (unpaired) electrons. The van der Waals surface area contributed by atoms with E-state index in [1.54, 1.807) is 4.90 Å². The van der Waals surface area contributed by atoms with Crippen molar-refractivity contribution < 1.29 is 27.9 Å². The molecule has 1 aromatic rings. The first-order valence-corrected chi connectivity index (χ1v) is 9.85. The van der Waals surface area contributed by atoms with E-state index in [0.29, 0.717) is 26.3 Å². The van der Waals surface area contributed by atoms with Crippen molar-refractivity contribution in [3.63, 3.8) is 0 Å². The molecule has 1 aliphatic heterocycles. The molecule has 1 aliphatic rings. The molecule has 2 rings (SSSR count). The minimum atomic E-state index is -3.72. The van der Waals surface area contributed by atoms with E-state index in [9.17, 15) is 18.0 Å². The van der Waals surface area contributed by atoms with E-state index in [1.807, 2.05) is 6.92 Å². The number of piperazine rings is 1. The molecule has 0 unspecified atom stereocenters. The van der Waals surface area contributed by atoms with Crippen molar-refractivity contribution >= 4 is 33.2 Å². The number of amides is 1. The summed E-state index contributed by atoms with van der Waals surface area (Å²) >= 11 is 0.892. The van der Waals surface area contributed by atoms with E-state index < -0.39 is 16.0 Å². The lowest BCUT2D eigenvalue weighted by molar-refractivity contribution is -0.133. The van der Waals surface area contributed by atoms with Crippen LogP contribution in [-0.4, -0.2) is 74.0 Å². The Labute approximate surface area is 144 Å². The lowest BCUT2D eigenvalue weighted by Crippen LogP contribution is -2.50. The third kappa shape index (κ3) is 4.32. The zero-order chi connectivity index (χ0) is 17.7. The number of aromatic carboxylic acids is 1. The molecular weight excluding hydrogens is 356 g/mol. The predicted octanol–water partition coefficient (Wildman–Crippen LogP) is 0.706. The molecule has 1 amide bonds. The molecule has 1 N–H and O–H groups in total. The van der Waals surface area contributed by atoms with Gasteiger partial charge in [0.05, 0.1) is 18.6 Å². The number of rotatable bonds is 7. The van der Waals surface area contributed by atoms with Gasteiger partial charge in [0.2, 0.25) is 5.91 Å². The minimum absolute atomic E-state index is 0.0102. The lowest BCUT2D eigenvalue weighted by atomic mass is 10.3. The average Bonchev–Trinajstić information content (AvgIpc) is 3.06. The van der Waals surface area contributed by atoms with E-state index in [-0.39, 0.29) is 35.2 Å². The first kappa shape index (κ1) is 18.8. The van der Waals surface area contributed by atoms with Crippen molar-refractivity contribution in [3.8, 4) is 0 Å². The highest BCUT2D eigenvalue weighted by Gasteiger charge is 2.31. The standard InChI is InChI=1S/C14H20N2O6S2/c1-2-22-8-3-12(17)15-4-6-16(7-5-15)24(20,21)13-9-11(10-23-13)14(18)19/h9-10H,2-8H2,1H3,(H,18,19). The Balaban J connectivity index is 1.95. The van der Waals surface area contributed by atoms with Gasteiger partial charge < -0.3 is 14.7 Å². The number of carbonyl (C=O) groups is 2. The largest absolute Gasteiger partial charge is 0.478 e. The van der Waals surface area contributed by atoms with Crippen molar-refractivity contribution in [2.75, 3.05) is 39.4 Å². The second kappa shape index (κ2) is 8.06. The summed E-state index contributed by atoms with van der Waals surface area (Å²) in [6.45, 7) is 3.81. The van der Waals surface area contributed by atoms with E-state index >= 15 is 0 Å². The number of carbonyl (C=O) groups excluding carboxylic acids is 1. The molecule has 0 spiro atoms. The number of carboxylic acid groups (broad SMARTS) is 1. The van der Waals surface area contributed by atoms with Gasteiger partial charge in [-0.3, -0.25) is 4.79 Å². The van der Waals surface area contributed by atoms with Gasteiger partial charge in [-0.15, -0.1) is 11.3 Å². The van der Waals surface area contributed by atoms with Gasteiger partial charge >= 0.3 is 5.97 Å². The summed E-state index contributed by atoms with van der Waals surface area (Å²) in [5.41, 5.74) is -0.0386. The highest BCUT2D eigenvalue weighted by Crippen LogP contribution is 2.25. The van der Waals surface area contributed by atoms with Crippen molar-refractivity contribution in [3.05, 3.63) is 17.0 Å². The molecule has 1 aromatic heterocycles. The number of carboxylic acids is 1. The molecule has 0 atom stereocenters. The van der Waals surface area contributed by atoms with Crippen LogP contribution in [0.15, 0.2) is 15.7 Å². The zero-order valence-electron chi connectivity index (χ0n) is 13.3. The highest BCUT2D eigenvalue weighted by atomic mass is 32.2. The van der Waals surface area contributed by atoms with Crippen LogP contribution in [0.3, 0.4) is 0 Å². The smallest absolute Gasteiger partial charge is 0.336 e. The number of hydrogen-bond donors (Lipinski definition) is 1. The van der Waals surface area contributed by atoms with Gasteiger partial charge in [-0.1, -0.05) is 0 Å². The van der Waals surface area contributed by atoms with Gasteiger partial charge in [0, 0.05) is 38.2 Å². The fourth-order valence-electron chi connectivity index (χ4n) is 2.33. The summed E-state index contributed by atoms with van der Waals surface area (Å²) in [6, 6.07) is 1.17. The first-order valence-electron chi connectivity index (χ1n) is 7.53. The van der Waals surface area contributed by atoms with Crippen LogP contribution in [-0.2, 0) is 19.6 Å². The summed E-state index contributed by atoms with van der Waals surface area (Å²) in [5.74, 6) is -1.21. The van der Waals surface area contributed by atoms with Crippen LogP contribution in [0.4, 0.5) is 0 Å². The van der Waals surface area contributed by atoms with Gasteiger partial charge in [0.1, 0.15) is 4.21 Å². The molecule has 134 valence electrons.